The Labute approximate surface area is 128 Å². The summed E-state index contributed by atoms with van der Waals surface area (Å²) in [5, 5.41) is 3.92. The maximum absolute atomic E-state index is 12.4. The van der Waals surface area contributed by atoms with Crippen molar-refractivity contribution in [3.8, 4) is 0 Å². The molecule has 2 atom stereocenters. The molecule has 0 bridgehead atoms. The molecular weight excluding hydrogens is 292 g/mol. The molecular formula is C14H22N2O2S2. The zero-order chi connectivity index (χ0) is 13.9. The molecule has 2 amide bonds. The van der Waals surface area contributed by atoms with E-state index in [9.17, 15) is 9.59 Å². The van der Waals surface area contributed by atoms with Crippen LogP contribution in [0.25, 0.3) is 0 Å². The van der Waals surface area contributed by atoms with Crippen LogP contribution in [-0.4, -0.2) is 57.9 Å². The van der Waals surface area contributed by atoms with Crippen molar-refractivity contribution in [3.05, 3.63) is 0 Å². The standard InChI is InChI=1S/C14H22N2O2S2/c17-13-7-12(15-8-11-9-19-5-6-20-11)14(18)16(13)10-3-1-2-4-10/h10-12,15H,1-9H2. The first-order valence-corrected chi connectivity index (χ1v) is 9.74. The summed E-state index contributed by atoms with van der Waals surface area (Å²) in [5.74, 6) is 3.64. The number of imide groups is 1. The van der Waals surface area contributed by atoms with Gasteiger partial charge in [-0.25, -0.2) is 0 Å². The second-order valence-corrected chi connectivity index (χ2v) is 8.33. The number of hydrogen-bond acceptors (Lipinski definition) is 5. The molecule has 3 rings (SSSR count). The maximum Gasteiger partial charge on any atom is 0.247 e. The summed E-state index contributed by atoms with van der Waals surface area (Å²) >= 11 is 3.97. The lowest BCUT2D eigenvalue weighted by Gasteiger charge is -2.24. The smallest absolute Gasteiger partial charge is 0.247 e. The Bertz CT molecular complexity index is 379. The Morgan fingerprint density at radius 2 is 2.00 bits per heavy atom. The van der Waals surface area contributed by atoms with Crippen molar-refractivity contribution in [2.45, 2.75) is 49.4 Å². The highest BCUT2D eigenvalue weighted by Crippen LogP contribution is 2.28. The number of carbonyl (C=O) groups is 2. The van der Waals surface area contributed by atoms with Crippen molar-refractivity contribution in [1.82, 2.24) is 10.2 Å². The maximum atomic E-state index is 12.4. The van der Waals surface area contributed by atoms with Crippen LogP contribution in [0.5, 0.6) is 0 Å². The summed E-state index contributed by atoms with van der Waals surface area (Å²) < 4.78 is 0. The van der Waals surface area contributed by atoms with E-state index in [2.05, 4.69) is 5.32 Å². The average molecular weight is 314 g/mol. The molecule has 20 heavy (non-hydrogen) atoms. The summed E-state index contributed by atoms with van der Waals surface area (Å²) in [5.41, 5.74) is 0. The fourth-order valence-corrected chi connectivity index (χ4v) is 5.91. The van der Waals surface area contributed by atoms with Gasteiger partial charge in [-0.05, 0) is 12.8 Å². The first kappa shape index (κ1) is 14.7. The lowest BCUT2D eigenvalue weighted by molar-refractivity contribution is -0.141. The monoisotopic (exact) mass is 314 g/mol. The van der Waals surface area contributed by atoms with Gasteiger partial charge in [0.25, 0.3) is 0 Å². The van der Waals surface area contributed by atoms with Crippen LogP contribution >= 0.6 is 23.5 Å². The third kappa shape index (κ3) is 3.17. The van der Waals surface area contributed by atoms with Crippen LogP contribution in [0.2, 0.25) is 0 Å². The Kier molecular flexibility index (Phi) is 4.94. The number of carbonyl (C=O) groups excluding carboxylic acids is 2. The van der Waals surface area contributed by atoms with Gasteiger partial charge in [0, 0.05) is 35.1 Å². The van der Waals surface area contributed by atoms with Crippen molar-refractivity contribution in [3.63, 3.8) is 0 Å². The topological polar surface area (TPSA) is 49.4 Å². The number of nitrogens with one attached hydrogen (secondary N) is 1. The molecule has 1 aliphatic carbocycles. The summed E-state index contributed by atoms with van der Waals surface area (Å²) in [6.07, 6.45) is 4.66. The van der Waals surface area contributed by atoms with E-state index in [1.165, 1.54) is 11.5 Å². The van der Waals surface area contributed by atoms with E-state index in [-0.39, 0.29) is 23.9 Å². The Morgan fingerprint density at radius 1 is 1.20 bits per heavy atom. The Morgan fingerprint density at radius 3 is 2.70 bits per heavy atom. The molecule has 2 heterocycles. The highest BCUT2D eigenvalue weighted by atomic mass is 32.2. The average Bonchev–Trinajstić information content (AvgIpc) is 3.06. The van der Waals surface area contributed by atoms with E-state index in [4.69, 9.17) is 0 Å². The molecule has 6 heteroatoms. The quantitative estimate of drug-likeness (QED) is 0.797. The van der Waals surface area contributed by atoms with Crippen molar-refractivity contribution in [2.75, 3.05) is 23.8 Å². The van der Waals surface area contributed by atoms with Crippen molar-refractivity contribution < 1.29 is 9.59 Å². The summed E-state index contributed by atoms with van der Waals surface area (Å²) in [6.45, 7) is 0.847. The number of hydrogen-bond donors (Lipinski definition) is 1. The third-order valence-corrected chi connectivity index (χ3v) is 7.19. The van der Waals surface area contributed by atoms with E-state index in [1.807, 2.05) is 23.5 Å². The Hall–Kier alpha value is -0.200. The van der Waals surface area contributed by atoms with E-state index in [0.29, 0.717) is 11.7 Å². The van der Waals surface area contributed by atoms with Crippen LogP contribution < -0.4 is 5.32 Å². The van der Waals surface area contributed by atoms with Gasteiger partial charge >= 0.3 is 0 Å². The molecule has 2 aliphatic heterocycles. The van der Waals surface area contributed by atoms with Gasteiger partial charge in [0.2, 0.25) is 11.8 Å². The molecule has 1 saturated carbocycles. The highest BCUT2D eigenvalue weighted by molar-refractivity contribution is 8.06. The number of rotatable bonds is 4. The third-order valence-electron chi connectivity index (χ3n) is 4.35. The van der Waals surface area contributed by atoms with Gasteiger partial charge < -0.3 is 5.32 Å². The molecule has 0 spiro atoms. The molecule has 2 saturated heterocycles. The molecule has 2 unspecified atom stereocenters. The Balaban J connectivity index is 1.52. The zero-order valence-electron chi connectivity index (χ0n) is 11.7. The predicted molar refractivity (Wildman–Crippen MR) is 84.1 cm³/mol. The molecule has 0 aromatic heterocycles. The summed E-state index contributed by atoms with van der Waals surface area (Å²) in [4.78, 5) is 26.1. The molecule has 3 aliphatic rings. The van der Waals surface area contributed by atoms with Crippen LogP contribution in [0.4, 0.5) is 0 Å². The van der Waals surface area contributed by atoms with Gasteiger partial charge in [-0.2, -0.15) is 23.5 Å². The summed E-state index contributed by atoms with van der Waals surface area (Å²) in [6, 6.07) is -0.0861. The molecule has 0 aromatic carbocycles. The second kappa shape index (κ2) is 6.71. The SMILES string of the molecule is O=C1CC(NCC2CSCCS2)C(=O)N1C1CCCC1. The number of amides is 2. The van der Waals surface area contributed by atoms with Crippen molar-refractivity contribution in [1.29, 1.82) is 0 Å². The van der Waals surface area contributed by atoms with E-state index < -0.39 is 0 Å². The van der Waals surface area contributed by atoms with E-state index >= 15 is 0 Å². The van der Waals surface area contributed by atoms with Crippen LogP contribution in [0.1, 0.15) is 32.1 Å². The molecule has 1 N–H and O–H groups in total. The lowest BCUT2D eigenvalue weighted by atomic mass is 10.2. The van der Waals surface area contributed by atoms with E-state index in [1.54, 1.807) is 4.90 Å². The predicted octanol–water partition coefficient (Wildman–Crippen LogP) is 1.49. The van der Waals surface area contributed by atoms with Crippen LogP contribution in [0.15, 0.2) is 0 Å². The van der Waals surface area contributed by atoms with Gasteiger partial charge in [0.05, 0.1) is 12.5 Å². The van der Waals surface area contributed by atoms with E-state index in [0.717, 1.165) is 38.0 Å². The number of thioether (sulfide) groups is 2. The molecule has 0 aromatic rings. The number of nitrogens with zero attached hydrogens (tertiary/aromatic N) is 1. The molecule has 0 radical (unpaired) electrons. The summed E-state index contributed by atoms with van der Waals surface area (Å²) in [7, 11) is 0. The minimum Gasteiger partial charge on any atom is -0.304 e. The van der Waals surface area contributed by atoms with Crippen LogP contribution in [0, 0.1) is 0 Å². The largest absolute Gasteiger partial charge is 0.304 e. The second-order valence-electron chi connectivity index (χ2n) is 5.77. The number of likely N-dealkylation sites (tertiary alicyclic amines) is 1. The van der Waals surface area contributed by atoms with Crippen LogP contribution in [0.3, 0.4) is 0 Å². The molecule has 3 fully saturated rings. The minimum absolute atomic E-state index is 0.0235. The van der Waals surface area contributed by atoms with Gasteiger partial charge in [-0.1, -0.05) is 12.8 Å². The van der Waals surface area contributed by atoms with Crippen molar-refractivity contribution in [2.24, 2.45) is 0 Å². The van der Waals surface area contributed by atoms with Gasteiger partial charge in [-0.3, -0.25) is 14.5 Å². The van der Waals surface area contributed by atoms with Gasteiger partial charge in [0.1, 0.15) is 0 Å². The lowest BCUT2D eigenvalue weighted by Crippen LogP contribution is -2.44. The van der Waals surface area contributed by atoms with Crippen molar-refractivity contribution >= 4 is 35.3 Å². The first-order valence-electron chi connectivity index (χ1n) is 7.54. The minimum atomic E-state index is -0.268. The van der Waals surface area contributed by atoms with Gasteiger partial charge in [0.15, 0.2) is 0 Å². The molecule has 4 nitrogen and oxygen atoms in total. The fraction of sp³-hybridized carbons (Fsp3) is 0.857. The molecule has 112 valence electrons. The zero-order valence-corrected chi connectivity index (χ0v) is 13.3. The van der Waals surface area contributed by atoms with Crippen LogP contribution in [-0.2, 0) is 9.59 Å². The fourth-order valence-electron chi connectivity index (χ4n) is 3.28. The normalized spacial score (nSPS) is 32.3. The van der Waals surface area contributed by atoms with Gasteiger partial charge in [-0.15, -0.1) is 0 Å². The first-order chi connectivity index (χ1) is 9.75. The highest BCUT2D eigenvalue weighted by Gasteiger charge is 2.42.